The monoisotopic (exact) mass is 372 g/mol. The van der Waals surface area contributed by atoms with Crippen LogP contribution < -0.4 is 10.2 Å². The second-order valence-corrected chi connectivity index (χ2v) is 7.03. The molecular weight excluding hydrogens is 348 g/mol. The molecule has 1 aromatic heterocycles. The summed E-state index contributed by atoms with van der Waals surface area (Å²) in [5.74, 6) is 0.749. The summed E-state index contributed by atoms with van der Waals surface area (Å²) < 4.78 is 0. The molecule has 3 aromatic rings. The lowest BCUT2D eigenvalue weighted by Gasteiger charge is -2.14. The first-order chi connectivity index (χ1) is 13.8. The van der Waals surface area contributed by atoms with Crippen molar-refractivity contribution >= 4 is 11.9 Å². The summed E-state index contributed by atoms with van der Waals surface area (Å²) >= 11 is 0. The summed E-state index contributed by atoms with van der Waals surface area (Å²) in [5, 5.41) is 2.98. The predicted octanol–water partition coefficient (Wildman–Crippen LogP) is 3.72. The highest BCUT2D eigenvalue weighted by Crippen LogP contribution is 2.21. The molecule has 0 bridgehead atoms. The van der Waals surface area contributed by atoms with Crippen molar-refractivity contribution in [2.24, 2.45) is 0 Å². The molecule has 1 aliphatic rings. The molecule has 142 valence electrons. The predicted molar refractivity (Wildman–Crippen MR) is 111 cm³/mol. The molecule has 1 aliphatic heterocycles. The lowest BCUT2D eigenvalue weighted by molar-refractivity contribution is 0.0954. The third kappa shape index (κ3) is 4.36. The average molecular weight is 372 g/mol. The molecule has 0 saturated carbocycles. The van der Waals surface area contributed by atoms with Gasteiger partial charge in [-0.3, -0.25) is 4.79 Å². The van der Waals surface area contributed by atoms with Crippen LogP contribution in [0.3, 0.4) is 0 Å². The second kappa shape index (κ2) is 8.65. The van der Waals surface area contributed by atoms with E-state index in [4.69, 9.17) is 0 Å². The number of aromatic nitrogens is 2. The van der Waals surface area contributed by atoms with Crippen LogP contribution in [0.15, 0.2) is 67.0 Å². The Hall–Kier alpha value is -3.21. The first-order valence-electron chi connectivity index (χ1n) is 9.79. The van der Waals surface area contributed by atoms with E-state index in [1.165, 1.54) is 18.4 Å². The lowest BCUT2D eigenvalue weighted by atomic mass is 10.1. The summed E-state index contributed by atoms with van der Waals surface area (Å²) in [5.41, 5.74) is 3.84. The number of nitrogens with zero attached hydrogens (tertiary/aromatic N) is 3. The Morgan fingerprint density at radius 3 is 2.25 bits per heavy atom. The molecule has 1 fully saturated rings. The van der Waals surface area contributed by atoms with Crippen LogP contribution in [0.25, 0.3) is 11.1 Å². The number of hydrogen-bond acceptors (Lipinski definition) is 4. The van der Waals surface area contributed by atoms with Crippen LogP contribution >= 0.6 is 0 Å². The van der Waals surface area contributed by atoms with Crippen molar-refractivity contribution in [2.75, 3.05) is 24.5 Å². The van der Waals surface area contributed by atoms with Gasteiger partial charge >= 0.3 is 0 Å². The van der Waals surface area contributed by atoms with Gasteiger partial charge in [0.1, 0.15) is 0 Å². The summed E-state index contributed by atoms with van der Waals surface area (Å²) in [7, 11) is 0. The number of hydrogen-bond donors (Lipinski definition) is 1. The Morgan fingerprint density at radius 2 is 1.57 bits per heavy atom. The minimum absolute atomic E-state index is 0.0527. The highest BCUT2D eigenvalue weighted by Gasteiger charge is 2.14. The smallest absolute Gasteiger partial charge is 0.251 e. The normalized spacial score (nSPS) is 13.5. The van der Waals surface area contributed by atoms with E-state index in [0.29, 0.717) is 12.1 Å². The van der Waals surface area contributed by atoms with Crippen LogP contribution in [0.4, 0.5) is 5.95 Å². The van der Waals surface area contributed by atoms with Crippen LogP contribution in [-0.4, -0.2) is 35.5 Å². The highest BCUT2D eigenvalue weighted by molar-refractivity contribution is 5.94. The fraction of sp³-hybridized carbons (Fsp3) is 0.261. The first kappa shape index (κ1) is 18.2. The number of anilines is 1. The van der Waals surface area contributed by atoms with E-state index in [0.717, 1.165) is 36.6 Å². The molecule has 0 unspecified atom stereocenters. The molecule has 2 heterocycles. The van der Waals surface area contributed by atoms with Gasteiger partial charge in [0.15, 0.2) is 0 Å². The molecule has 0 aliphatic carbocycles. The van der Waals surface area contributed by atoms with Gasteiger partial charge in [0.05, 0.1) is 0 Å². The number of amides is 1. The summed E-state index contributed by atoms with van der Waals surface area (Å²) in [6.07, 6.45) is 6.95. The van der Waals surface area contributed by atoms with E-state index >= 15 is 0 Å². The van der Waals surface area contributed by atoms with E-state index in [1.807, 2.05) is 54.9 Å². The Labute approximate surface area is 165 Å². The number of carbonyl (C=O) groups is 1. The molecule has 1 N–H and O–H groups in total. The number of carbonyl (C=O) groups excluding carboxylic acids is 1. The Balaban J connectivity index is 1.34. The largest absolute Gasteiger partial charge is 0.352 e. The van der Waals surface area contributed by atoms with Crippen molar-refractivity contribution in [3.63, 3.8) is 0 Å². The van der Waals surface area contributed by atoms with Gasteiger partial charge in [-0.05, 0) is 42.5 Å². The summed E-state index contributed by atoms with van der Waals surface area (Å²) in [6, 6.07) is 17.7. The van der Waals surface area contributed by atoms with Crippen molar-refractivity contribution in [1.29, 1.82) is 0 Å². The second-order valence-electron chi connectivity index (χ2n) is 7.03. The van der Waals surface area contributed by atoms with Crippen LogP contribution in [0, 0.1) is 0 Å². The van der Waals surface area contributed by atoms with Crippen molar-refractivity contribution in [2.45, 2.75) is 19.3 Å². The van der Waals surface area contributed by atoms with Crippen molar-refractivity contribution < 1.29 is 4.79 Å². The van der Waals surface area contributed by atoms with Crippen molar-refractivity contribution in [3.8, 4) is 11.1 Å². The van der Waals surface area contributed by atoms with E-state index < -0.39 is 0 Å². The Bertz CT molecular complexity index is 902. The van der Waals surface area contributed by atoms with Gasteiger partial charge in [-0.1, -0.05) is 42.5 Å². The standard InChI is InChI=1S/C23H24N4O/c28-22(24-13-12-18-6-2-1-3-7-18)20-10-8-19(9-11-20)21-16-25-23(26-17-21)27-14-4-5-15-27/h1-3,6-11,16-17H,4-5,12-15H2,(H,24,28). The third-order valence-corrected chi connectivity index (χ3v) is 5.05. The van der Waals surface area contributed by atoms with Crippen molar-refractivity contribution in [1.82, 2.24) is 15.3 Å². The van der Waals surface area contributed by atoms with Crippen molar-refractivity contribution in [3.05, 3.63) is 78.1 Å². The van der Waals surface area contributed by atoms with E-state index in [2.05, 4.69) is 32.3 Å². The van der Waals surface area contributed by atoms with Gasteiger partial charge in [-0.25, -0.2) is 9.97 Å². The molecule has 1 saturated heterocycles. The molecule has 2 aromatic carbocycles. The maximum Gasteiger partial charge on any atom is 0.251 e. The van der Waals surface area contributed by atoms with Crippen LogP contribution in [-0.2, 0) is 6.42 Å². The highest BCUT2D eigenvalue weighted by atomic mass is 16.1. The minimum atomic E-state index is -0.0527. The van der Waals surface area contributed by atoms with Crippen LogP contribution in [0.5, 0.6) is 0 Å². The van der Waals surface area contributed by atoms with Gasteiger partial charge in [-0.2, -0.15) is 0 Å². The van der Waals surface area contributed by atoms with E-state index in [1.54, 1.807) is 0 Å². The maximum atomic E-state index is 12.3. The first-order valence-corrected chi connectivity index (χ1v) is 9.79. The molecule has 4 rings (SSSR count). The molecular formula is C23H24N4O. The molecule has 0 spiro atoms. The van der Waals surface area contributed by atoms with Gasteiger partial charge in [0, 0.05) is 43.2 Å². The molecule has 5 nitrogen and oxygen atoms in total. The van der Waals surface area contributed by atoms with E-state index in [9.17, 15) is 4.79 Å². The SMILES string of the molecule is O=C(NCCc1ccccc1)c1ccc(-c2cnc(N3CCCC3)nc2)cc1. The maximum absolute atomic E-state index is 12.3. The fourth-order valence-electron chi connectivity index (χ4n) is 3.43. The van der Waals surface area contributed by atoms with Gasteiger partial charge in [0.2, 0.25) is 5.95 Å². The molecule has 5 heteroatoms. The van der Waals surface area contributed by atoms with Gasteiger partial charge in [0.25, 0.3) is 5.91 Å². The van der Waals surface area contributed by atoms with Crippen LogP contribution in [0.2, 0.25) is 0 Å². The lowest BCUT2D eigenvalue weighted by Crippen LogP contribution is -2.25. The number of nitrogens with one attached hydrogen (secondary N) is 1. The zero-order chi connectivity index (χ0) is 19.2. The minimum Gasteiger partial charge on any atom is -0.352 e. The Kier molecular flexibility index (Phi) is 5.61. The zero-order valence-corrected chi connectivity index (χ0v) is 15.8. The quantitative estimate of drug-likeness (QED) is 0.716. The molecule has 28 heavy (non-hydrogen) atoms. The van der Waals surface area contributed by atoms with Gasteiger partial charge in [-0.15, -0.1) is 0 Å². The zero-order valence-electron chi connectivity index (χ0n) is 15.8. The molecule has 0 atom stereocenters. The number of rotatable bonds is 6. The molecule has 0 radical (unpaired) electrons. The average Bonchev–Trinajstić information content (AvgIpc) is 3.30. The summed E-state index contributed by atoms with van der Waals surface area (Å²) in [4.78, 5) is 23.5. The molecule has 1 amide bonds. The van der Waals surface area contributed by atoms with Crippen LogP contribution in [0.1, 0.15) is 28.8 Å². The number of benzene rings is 2. The van der Waals surface area contributed by atoms with Gasteiger partial charge < -0.3 is 10.2 Å². The third-order valence-electron chi connectivity index (χ3n) is 5.05. The topological polar surface area (TPSA) is 58.1 Å². The Morgan fingerprint density at radius 1 is 0.893 bits per heavy atom. The summed E-state index contributed by atoms with van der Waals surface area (Å²) in [6.45, 7) is 2.69. The fourth-order valence-corrected chi connectivity index (χ4v) is 3.43. The van der Waals surface area contributed by atoms with E-state index in [-0.39, 0.29) is 5.91 Å².